The third-order valence-corrected chi connectivity index (χ3v) is 0. The van der Waals surface area contributed by atoms with E-state index in [2.05, 4.69) is 31.4 Å². The summed E-state index contributed by atoms with van der Waals surface area (Å²) in [5, 5.41) is 15.5. The second-order valence-corrected chi connectivity index (χ2v) is 1.71. The van der Waals surface area contributed by atoms with Crippen molar-refractivity contribution in [3.63, 3.8) is 0 Å². The molecule has 0 unspecified atom stereocenters. The molecule has 0 spiro atoms. The van der Waals surface area contributed by atoms with Gasteiger partial charge >= 0.3 is 0 Å². The molecule has 0 aliphatic carbocycles. The van der Waals surface area contributed by atoms with Crippen molar-refractivity contribution >= 4 is 0 Å². The Morgan fingerprint density at radius 2 is 0.667 bits per heavy atom. The zero-order chi connectivity index (χ0) is 13.5. The van der Waals surface area contributed by atoms with Crippen LogP contribution in [0.1, 0.15) is 27.7 Å². The average molecular weight is 218 g/mol. The highest BCUT2D eigenvalue weighted by molar-refractivity contribution is 4.52. The Bertz CT molecular complexity index is 75.0. The maximum absolute atomic E-state index is 6.62. The fraction of sp³-hybridized carbons (Fsp3) is 0.333. The lowest BCUT2D eigenvalue weighted by molar-refractivity contribution is -0.465. The quantitative estimate of drug-likeness (QED) is 0.351. The van der Waals surface area contributed by atoms with Gasteiger partial charge in [0.2, 0.25) is 0 Å². The number of rotatable bonds is 0. The molecular weight excluding hydrogens is 192 g/mol. The summed E-state index contributed by atoms with van der Waals surface area (Å²) in [5.74, 6) is 0. The fourth-order valence-electron chi connectivity index (χ4n) is 0. The van der Waals surface area contributed by atoms with Crippen LogP contribution >= 0.6 is 0 Å². The molecule has 2 N–H and O–H groups in total. The highest BCUT2D eigenvalue weighted by atomic mass is 17.4. The van der Waals surface area contributed by atoms with E-state index in [0.29, 0.717) is 0 Å². The lowest BCUT2D eigenvalue weighted by Crippen LogP contribution is -1.60. The minimum absolute atomic E-state index is 1.75. The van der Waals surface area contributed by atoms with Gasteiger partial charge in [-0.15, -0.1) is 26.3 Å². The van der Waals surface area contributed by atoms with Gasteiger partial charge in [0.15, 0.2) is 0 Å². The Hall–Kier alpha value is -1.16. The Morgan fingerprint density at radius 3 is 0.667 bits per heavy atom. The summed E-state index contributed by atoms with van der Waals surface area (Å²) in [4.78, 5) is 0. The van der Waals surface area contributed by atoms with Crippen LogP contribution in [-0.4, -0.2) is 10.5 Å². The van der Waals surface area contributed by atoms with E-state index in [1.165, 1.54) is 0 Å². The second-order valence-electron chi connectivity index (χ2n) is 1.71. The van der Waals surface area contributed by atoms with E-state index in [-0.39, 0.29) is 0 Å². The van der Waals surface area contributed by atoms with Crippen LogP contribution in [0.2, 0.25) is 0 Å². The third kappa shape index (κ3) is 1120. The van der Waals surface area contributed by atoms with Gasteiger partial charge in [-0.3, -0.25) is 0 Å². The standard InChI is InChI=1S/4C3H6.H2O3/c5*1-3-2/h4*3H,1H2,2H3;1-2H. The Morgan fingerprint density at radius 1 is 0.667 bits per heavy atom. The van der Waals surface area contributed by atoms with E-state index >= 15 is 0 Å². The van der Waals surface area contributed by atoms with Gasteiger partial charge in [0.1, 0.15) is 0 Å². The molecule has 0 aliphatic rings. The first-order valence-corrected chi connectivity index (χ1v) is 4.31. The van der Waals surface area contributed by atoms with Gasteiger partial charge in [0, 0.05) is 0 Å². The highest BCUT2D eigenvalue weighted by Gasteiger charge is 1.27. The molecule has 0 aromatic carbocycles. The van der Waals surface area contributed by atoms with Crippen molar-refractivity contribution in [3.8, 4) is 0 Å². The van der Waals surface area contributed by atoms with Gasteiger partial charge < -0.3 is 0 Å². The normalized spacial score (nSPS) is 4.67. The molecule has 0 heterocycles. The third-order valence-electron chi connectivity index (χ3n) is 0. The van der Waals surface area contributed by atoms with Crippen LogP contribution < -0.4 is 0 Å². The SMILES string of the molecule is C=CC.C=CC.C=CC.C=CC.OOO. The molecule has 92 valence electrons. The van der Waals surface area contributed by atoms with Crippen molar-refractivity contribution in [2.24, 2.45) is 0 Å². The molecule has 0 aliphatic heterocycles. The van der Waals surface area contributed by atoms with Crippen molar-refractivity contribution in [2.45, 2.75) is 27.7 Å². The Kier molecular flexibility index (Phi) is 238. The molecule has 0 saturated carbocycles. The first-order valence-electron chi connectivity index (χ1n) is 4.31. The Balaban J connectivity index is -0.0000000278. The zero-order valence-corrected chi connectivity index (χ0v) is 10.4. The van der Waals surface area contributed by atoms with Crippen molar-refractivity contribution in [1.29, 1.82) is 0 Å². The fourth-order valence-corrected chi connectivity index (χ4v) is 0. The van der Waals surface area contributed by atoms with E-state index in [0.717, 1.165) is 0 Å². The molecule has 3 nitrogen and oxygen atoms in total. The smallest absolute Gasteiger partial charge is 0.0473 e. The summed E-state index contributed by atoms with van der Waals surface area (Å²) in [6.45, 7) is 21.0. The minimum Gasteiger partial charge on any atom is -0.221 e. The molecule has 0 aromatic heterocycles. The molecule has 0 amide bonds. The van der Waals surface area contributed by atoms with Crippen LogP contribution in [0.15, 0.2) is 50.6 Å². The largest absolute Gasteiger partial charge is 0.221 e. The van der Waals surface area contributed by atoms with Crippen LogP contribution in [0.25, 0.3) is 0 Å². The van der Waals surface area contributed by atoms with E-state index < -0.39 is 0 Å². The van der Waals surface area contributed by atoms with E-state index in [9.17, 15) is 0 Å². The molecular formula is C12H26O3. The van der Waals surface area contributed by atoms with Crippen LogP contribution in [0.3, 0.4) is 0 Å². The molecule has 0 rings (SSSR count). The summed E-state index contributed by atoms with van der Waals surface area (Å²) in [6.07, 6.45) is 7.00. The summed E-state index contributed by atoms with van der Waals surface area (Å²) in [5.41, 5.74) is 0. The monoisotopic (exact) mass is 218 g/mol. The van der Waals surface area contributed by atoms with Crippen molar-refractivity contribution in [2.75, 3.05) is 0 Å². The molecule has 0 fully saturated rings. The first kappa shape index (κ1) is 29.2. The first-order chi connectivity index (χ1) is 7.07. The van der Waals surface area contributed by atoms with Crippen LogP contribution in [0, 0.1) is 0 Å². The molecule has 0 bridgehead atoms. The lowest BCUT2D eigenvalue weighted by Gasteiger charge is -1.56. The summed E-state index contributed by atoms with van der Waals surface area (Å²) >= 11 is 0. The van der Waals surface area contributed by atoms with Crippen molar-refractivity contribution < 1.29 is 15.6 Å². The number of hydrogen-bond acceptors (Lipinski definition) is 3. The predicted molar refractivity (Wildman–Crippen MR) is 69.8 cm³/mol. The van der Waals surface area contributed by atoms with E-state index in [1.807, 2.05) is 27.7 Å². The molecule has 0 atom stereocenters. The molecule has 3 heteroatoms. The van der Waals surface area contributed by atoms with Gasteiger partial charge in [-0.1, -0.05) is 29.3 Å². The zero-order valence-electron chi connectivity index (χ0n) is 10.4. The molecule has 15 heavy (non-hydrogen) atoms. The summed E-state index contributed by atoms with van der Waals surface area (Å²) in [7, 11) is 0. The minimum atomic E-state index is 1.75. The number of allylic oxidation sites excluding steroid dienone is 4. The molecule has 0 saturated heterocycles. The maximum atomic E-state index is 6.62. The highest BCUT2D eigenvalue weighted by Crippen LogP contribution is 1.39. The van der Waals surface area contributed by atoms with Gasteiger partial charge in [0.05, 0.1) is 0 Å². The van der Waals surface area contributed by atoms with Crippen LogP contribution in [-0.2, 0) is 5.04 Å². The molecule has 0 aromatic rings. The van der Waals surface area contributed by atoms with E-state index in [4.69, 9.17) is 10.5 Å². The van der Waals surface area contributed by atoms with Crippen molar-refractivity contribution in [3.05, 3.63) is 50.6 Å². The topological polar surface area (TPSA) is 49.7 Å². The second kappa shape index (κ2) is 122. The van der Waals surface area contributed by atoms with Crippen LogP contribution in [0.4, 0.5) is 0 Å². The van der Waals surface area contributed by atoms with Crippen molar-refractivity contribution in [1.82, 2.24) is 0 Å². The van der Waals surface area contributed by atoms with Gasteiger partial charge in [-0.05, 0) is 27.7 Å². The van der Waals surface area contributed by atoms with Gasteiger partial charge in [-0.2, -0.15) is 0 Å². The predicted octanol–water partition coefficient (Wildman–Crippen LogP) is 4.72. The lowest BCUT2D eigenvalue weighted by atomic mass is 10.8. The molecule has 0 radical (unpaired) electrons. The Labute approximate surface area is 94.6 Å². The van der Waals surface area contributed by atoms with Gasteiger partial charge in [-0.25, -0.2) is 10.5 Å². The maximum Gasteiger partial charge on any atom is -0.0473 e. The average Bonchev–Trinajstić information content (AvgIpc) is 2.09. The number of hydrogen-bond donors (Lipinski definition) is 2. The summed E-state index contributed by atoms with van der Waals surface area (Å²) < 4.78 is 0. The van der Waals surface area contributed by atoms with Crippen LogP contribution in [0.5, 0.6) is 0 Å². The van der Waals surface area contributed by atoms with E-state index in [1.54, 1.807) is 24.3 Å². The van der Waals surface area contributed by atoms with Gasteiger partial charge in [0.25, 0.3) is 0 Å². The summed E-state index contributed by atoms with van der Waals surface area (Å²) in [6, 6.07) is 0.